The fraction of sp³-hybridized carbons (Fsp3) is 0.100. The van der Waals surface area contributed by atoms with Gasteiger partial charge in [0.1, 0.15) is 5.75 Å². The molecule has 1 atom stereocenters. The third kappa shape index (κ3) is 3.41. The average molecular weight is 399 g/mol. The molecule has 0 radical (unpaired) electrons. The minimum Gasteiger partial charge on any atom is -0.477 e. The number of fused-ring (bicyclic) bond motifs is 1. The Morgan fingerprint density at radius 2 is 1.81 bits per heavy atom. The van der Waals surface area contributed by atoms with E-state index in [1.807, 2.05) is 36.4 Å². The molecule has 3 aromatic rings. The summed E-state index contributed by atoms with van der Waals surface area (Å²) >= 11 is 7.32. The Labute approximate surface area is 164 Å². The molecule has 1 aromatic heterocycles. The minimum absolute atomic E-state index is 0.0827. The van der Waals surface area contributed by atoms with Gasteiger partial charge in [0.15, 0.2) is 6.10 Å². The summed E-state index contributed by atoms with van der Waals surface area (Å²) in [6.07, 6.45) is -0.875. The van der Waals surface area contributed by atoms with Crippen LogP contribution in [0.4, 0.5) is 5.69 Å². The predicted octanol–water partition coefficient (Wildman–Crippen LogP) is 3.96. The van der Waals surface area contributed by atoms with Crippen LogP contribution in [0.3, 0.4) is 0 Å². The van der Waals surface area contributed by atoms with Gasteiger partial charge < -0.3 is 10.5 Å². The molecule has 7 heteroatoms. The van der Waals surface area contributed by atoms with Crippen LogP contribution in [0.15, 0.2) is 60.7 Å². The Kier molecular flexibility index (Phi) is 4.59. The summed E-state index contributed by atoms with van der Waals surface area (Å²) in [5.41, 5.74) is 7.02. The van der Waals surface area contributed by atoms with Gasteiger partial charge >= 0.3 is 0 Å². The van der Waals surface area contributed by atoms with Crippen LogP contribution >= 0.6 is 22.9 Å². The zero-order chi connectivity index (χ0) is 19.0. The number of para-hydroxylation sites is 2. The van der Waals surface area contributed by atoms with E-state index < -0.39 is 12.0 Å². The summed E-state index contributed by atoms with van der Waals surface area (Å²) in [6, 6.07) is 18.3. The summed E-state index contributed by atoms with van der Waals surface area (Å²) in [5, 5.41) is 0.661. The zero-order valence-electron chi connectivity index (χ0n) is 14.1. The van der Waals surface area contributed by atoms with Crippen LogP contribution in [0.25, 0.3) is 10.4 Å². The van der Waals surface area contributed by atoms with Crippen LogP contribution in [0, 0.1) is 0 Å². The largest absolute Gasteiger partial charge is 0.477 e. The summed E-state index contributed by atoms with van der Waals surface area (Å²) in [7, 11) is 0. The second kappa shape index (κ2) is 7.06. The van der Waals surface area contributed by atoms with Crippen molar-refractivity contribution in [2.24, 2.45) is 5.73 Å². The van der Waals surface area contributed by atoms with Gasteiger partial charge in [0.05, 0.1) is 17.1 Å². The Morgan fingerprint density at radius 1 is 1.07 bits per heavy atom. The van der Waals surface area contributed by atoms with Gasteiger partial charge in [-0.25, -0.2) is 0 Å². The van der Waals surface area contributed by atoms with Crippen molar-refractivity contribution in [1.29, 1.82) is 0 Å². The molecule has 5 nitrogen and oxygen atoms in total. The van der Waals surface area contributed by atoms with E-state index in [-0.39, 0.29) is 12.5 Å². The molecular weight excluding hydrogens is 384 g/mol. The highest BCUT2D eigenvalue weighted by atomic mass is 35.5. The molecule has 0 unspecified atom stereocenters. The van der Waals surface area contributed by atoms with Gasteiger partial charge in [0.2, 0.25) is 0 Å². The number of carbonyl (C=O) groups is 2. The third-order valence-corrected chi connectivity index (χ3v) is 5.66. The van der Waals surface area contributed by atoms with Crippen molar-refractivity contribution in [1.82, 2.24) is 0 Å². The highest BCUT2D eigenvalue weighted by molar-refractivity contribution is 7.17. The maximum absolute atomic E-state index is 13.1. The van der Waals surface area contributed by atoms with E-state index in [1.54, 1.807) is 29.2 Å². The molecule has 0 saturated heterocycles. The molecule has 0 saturated carbocycles. The number of rotatable bonds is 3. The molecule has 0 bridgehead atoms. The first-order valence-corrected chi connectivity index (χ1v) is 9.45. The molecule has 27 heavy (non-hydrogen) atoms. The number of thiophene rings is 1. The summed E-state index contributed by atoms with van der Waals surface area (Å²) in [4.78, 5) is 27.9. The molecule has 0 fully saturated rings. The van der Waals surface area contributed by atoms with E-state index in [2.05, 4.69) is 0 Å². The van der Waals surface area contributed by atoms with Crippen molar-refractivity contribution >= 4 is 40.4 Å². The topological polar surface area (TPSA) is 72.6 Å². The van der Waals surface area contributed by atoms with E-state index in [0.717, 1.165) is 10.4 Å². The van der Waals surface area contributed by atoms with Gasteiger partial charge in [0.25, 0.3) is 11.8 Å². The number of amides is 2. The molecule has 0 aliphatic carbocycles. The number of primary amides is 1. The highest BCUT2D eigenvalue weighted by Crippen LogP contribution is 2.36. The van der Waals surface area contributed by atoms with Crippen LogP contribution < -0.4 is 15.4 Å². The molecule has 136 valence electrons. The van der Waals surface area contributed by atoms with Gasteiger partial charge in [-0.2, -0.15) is 0 Å². The van der Waals surface area contributed by atoms with Crippen molar-refractivity contribution in [2.45, 2.75) is 6.10 Å². The van der Waals surface area contributed by atoms with E-state index in [1.165, 1.54) is 11.3 Å². The molecular formula is C20H15ClN2O3S. The van der Waals surface area contributed by atoms with Crippen LogP contribution in [-0.4, -0.2) is 24.5 Å². The summed E-state index contributed by atoms with van der Waals surface area (Å²) in [5.74, 6) is -0.326. The first-order chi connectivity index (χ1) is 13.0. The fourth-order valence-electron chi connectivity index (χ4n) is 2.93. The Balaban J connectivity index is 1.66. The van der Waals surface area contributed by atoms with Crippen LogP contribution in [0.5, 0.6) is 5.75 Å². The van der Waals surface area contributed by atoms with Gasteiger partial charge in [-0.05, 0) is 42.0 Å². The predicted molar refractivity (Wildman–Crippen MR) is 106 cm³/mol. The molecule has 2 amide bonds. The van der Waals surface area contributed by atoms with Crippen molar-refractivity contribution < 1.29 is 14.3 Å². The third-order valence-electron chi connectivity index (χ3n) is 4.28. The van der Waals surface area contributed by atoms with Crippen molar-refractivity contribution in [3.63, 3.8) is 0 Å². The smallest absolute Gasteiger partial charge is 0.268 e. The van der Waals surface area contributed by atoms with Gasteiger partial charge in [-0.3, -0.25) is 14.5 Å². The molecule has 1 aliphatic rings. The number of hydrogen-bond donors (Lipinski definition) is 1. The maximum Gasteiger partial charge on any atom is 0.268 e. The Bertz CT molecular complexity index is 1020. The second-order valence-corrected chi connectivity index (χ2v) is 7.58. The van der Waals surface area contributed by atoms with Crippen LogP contribution in [0.1, 0.15) is 9.67 Å². The number of nitrogens with zero attached hydrogens (tertiary/aromatic N) is 1. The standard InChI is InChI=1S/C20H15ClN2O3S/c21-13-7-5-12(6-8-13)17-9-10-18(27-17)20(25)23-11-16(19(22)24)26-15-4-2-1-3-14(15)23/h1-10,16H,11H2,(H2,22,24)/t16-/m1/s1. The van der Waals surface area contributed by atoms with Crippen molar-refractivity contribution in [3.8, 4) is 16.2 Å². The lowest BCUT2D eigenvalue weighted by molar-refractivity contribution is -0.124. The average Bonchev–Trinajstić information content (AvgIpc) is 3.17. The number of anilines is 1. The molecule has 2 aromatic carbocycles. The monoisotopic (exact) mass is 398 g/mol. The maximum atomic E-state index is 13.1. The molecule has 0 spiro atoms. The van der Waals surface area contributed by atoms with Crippen molar-refractivity contribution in [3.05, 3.63) is 70.6 Å². The minimum atomic E-state index is -0.875. The summed E-state index contributed by atoms with van der Waals surface area (Å²) in [6.45, 7) is 0.0827. The van der Waals surface area contributed by atoms with Crippen LogP contribution in [0.2, 0.25) is 5.02 Å². The first-order valence-electron chi connectivity index (χ1n) is 8.25. The van der Waals surface area contributed by atoms with E-state index in [9.17, 15) is 9.59 Å². The Morgan fingerprint density at radius 3 is 2.56 bits per heavy atom. The molecule has 2 heterocycles. The molecule has 2 N–H and O–H groups in total. The van der Waals surface area contributed by atoms with E-state index in [4.69, 9.17) is 22.1 Å². The van der Waals surface area contributed by atoms with Crippen molar-refractivity contribution in [2.75, 3.05) is 11.4 Å². The second-order valence-electron chi connectivity index (χ2n) is 6.06. The van der Waals surface area contributed by atoms with Crippen LogP contribution in [-0.2, 0) is 4.79 Å². The number of carbonyl (C=O) groups excluding carboxylic acids is 2. The number of benzene rings is 2. The number of hydrogen-bond acceptors (Lipinski definition) is 4. The summed E-state index contributed by atoms with van der Waals surface area (Å²) < 4.78 is 5.62. The fourth-order valence-corrected chi connectivity index (χ4v) is 4.02. The Hall–Kier alpha value is -2.83. The lowest BCUT2D eigenvalue weighted by Crippen LogP contribution is -2.49. The number of nitrogens with two attached hydrogens (primary N) is 1. The van der Waals surface area contributed by atoms with Gasteiger partial charge in [0, 0.05) is 9.90 Å². The lowest BCUT2D eigenvalue weighted by atomic mass is 10.1. The van der Waals surface area contributed by atoms with E-state index in [0.29, 0.717) is 21.3 Å². The lowest BCUT2D eigenvalue weighted by Gasteiger charge is -2.33. The van der Waals surface area contributed by atoms with Gasteiger partial charge in [-0.1, -0.05) is 35.9 Å². The number of ether oxygens (including phenoxy) is 1. The molecule has 1 aliphatic heterocycles. The SMILES string of the molecule is NC(=O)[C@H]1CN(C(=O)c2ccc(-c3ccc(Cl)cc3)s2)c2ccccc2O1. The zero-order valence-corrected chi connectivity index (χ0v) is 15.7. The number of halogens is 1. The first kappa shape index (κ1) is 17.6. The highest BCUT2D eigenvalue weighted by Gasteiger charge is 2.33. The normalized spacial score (nSPS) is 15.7. The quantitative estimate of drug-likeness (QED) is 0.725. The van der Waals surface area contributed by atoms with E-state index >= 15 is 0 Å². The molecule has 4 rings (SSSR count). The van der Waals surface area contributed by atoms with Gasteiger partial charge in [-0.15, -0.1) is 11.3 Å².